The van der Waals surface area contributed by atoms with Crippen molar-refractivity contribution in [2.24, 2.45) is 0 Å². The number of ether oxygens (including phenoxy) is 1. The molecule has 0 unspecified atom stereocenters. The fraction of sp³-hybridized carbons (Fsp3) is 0.500. The van der Waals surface area contributed by atoms with Crippen molar-refractivity contribution in [3.63, 3.8) is 0 Å². The first-order chi connectivity index (χ1) is 12.2. The Labute approximate surface area is 161 Å². The van der Waals surface area contributed by atoms with Crippen LogP contribution in [0.1, 0.15) is 38.5 Å². The first kappa shape index (κ1) is 19.8. The summed E-state index contributed by atoms with van der Waals surface area (Å²) < 4.78 is 5.57. The number of pyridine rings is 1. The van der Waals surface area contributed by atoms with Crippen LogP contribution in [0.15, 0.2) is 35.9 Å². The van der Waals surface area contributed by atoms with Crippen molar-refractivity contribution in [2.75, 3.05) is 25.1 Å². The highest BCUT2D eigenvalue weighted by atomic mass is 127. The molecule has 0 amide bonds. The largest absolute Gasteiger partial charge is 0.381 e. The number of unbranched alkanes of at least 4 members (excludes halogenated alkanes) is 4. The van der Waals surface area contributed by atoms with Gasteiger partial charge in [0, 0.05) is 31.0 Å². The van der Waals surface area contributed by atoms with Crippen molar-refractivity contribution in [2.45, 2.75) is 38.5 Å². The molecule has 25 heavy (non-hydrogen) atoms. The lowest BCUT2D eigenvalue weighted by Gasteiger charge is -2.22. The van der Waals surface area contributed by atoms with Crippen LogP contribution in [0.4, 0.5) is 5.69 Å². The molecule has 7 heteroatoms. The Morgan fingerprint density at radius 2 is 1.84 bits per heavy atom. The zero-order valence-corrected chi connectivity index (χ0v) is 16.4. The van der Waals surface area contributed by atoms with Crippen LogP contribution in [0, 0.1) is 0 Å². The van der Waals surface area contributed by atoms with E-state index in [9.17, 15) is 9.59 Å². The number of nitrogens with zero attached hydrogens (tertiary/aromatic N) is 1. The summed E-state index contributed by atoms with van der Waals surface area (Å²) >= 11 is 1.85. The van der Waals surface area contributed by atoms with Crippen LogP contribution >= 0.6 is 22.6 Å². The van der Waals surface area contributed by atoms with Gasteiger partial charge in [-0.15, -0.1) is 0 Å². The predicted molar refractivity (Wildman–Crippen MR) is 105 cm³/mol. The summed E-state index contributed by atoms with van der Waals surface area (Å²) in [4.78, 5) is 27.0. The lowest BCUT2D eigenvalue weighted by atomic mass is 10.1. The maximum atomic E-state index is 12.1. The third-order valence-electron chi connectivity index (χ3n) is 3.89. The molecule has 1 aromatic heterocycles. The van der Waals surface area contributed by atoms with Gasteiger partial charge in [-0.3, -0.25) is 14.6 Å². The van der Waals surface area contributed by atoms with Crippen LogP contribution in [-0.4, -0.2) is 34.3 Å². The van der Waals surface area contributed by atoms with Gasteiger partial charge in [-0.2, -0.15) is 0 Å². The van der Waals surface area contributed by atoms with Gasteiger partial charge in [0.25, 0.3) is 0 Å². The Bertz CT molecular complexity index is 605. The summed E-state index contributed by atoms with van der Waals surface area (Å²) in [6.07, 6.45) is 9.33. The molecule has 0 aromatic carbocycles. The molecule has 2 N–H and O–H groups in total. The van der Waals surface area contributed by atoms with Crippen LogP contribution in [0.2, 0.25) is 0 Å². The highest BCUT2D eigenvalue weighted by Crippen LogP contribution is 2.15. The quantitative estimate of drug-likeness (QED) is 0.302. The van der Waals surface area contributed by atoms with Crippen molar-refractivity contribution in [1.29, 1.82) is 0 Å². The fourth-order valence-electron chi connectivity index (χ4n) is 2.60. The van der Waals surface area contributed by atoms with Crippen LogP contribution < -0.4 is 10.6 Å². The van der Waals surface area contributed by atoms with Gasteiger partial charge in [-0.05, 0) is 47.6 Å². The topological polar surface area (TPSA) is 80.3 Å². The standard InChI is InChI=1S/C18H24IN3O3/c19-17(24)6-4-2-1-3-5-9-21-18-15(12-25-13-16(18)23)22-14-7-10-20-11-8-14/h7-8,10-11,21H,1-6,9,12-13H2,(H,20,22). The smallest absolute Gasteiger partial charge is 0.206 e. The molecule has 0 aliphatic carbocycles. The van der Waals surface area contributed by atoms with Crippen molar-refractivity contribution >= 4 is 37.9 Å². The summed E-state index contributed by atoms with van der Waals surface area (Å²) in [5, 5.41) is 6.51. The summed E-state index contributed by atoms with van der Waals surface area (Å²) in [7, 11) is 0. The summed E-state index contributed by atoms with van der Waals surface area (Å²) in [6.45, 7) is 1.27. The number of aromatic nitrogens is 1. The molecule has 1 aliphatic rings. The predicted octanol–water partition coefficient (Wildman–Crippen LogP) is 3.20. The first-order valence-corrected chi connectivity index (χ1v) is 9.68. The SMILES string of the molecule is O=C(I)CCCCCCCNC1=C(Nc2ccncc2)COCC1=O. The number of nitrogens with one attached hydrogen (secondary N) is 2. The zero-order chi connectivity index (χ0) is 17.9. The van der Waals surface area contributed by atoms with Gasteiger partial charge in [-0.25, -0.2) is 0 Å². The van der Waals surface area contributed by atoms with E-state index in [0.717, 1.165) is 50.0 Å². The summed E-state index contributed by atoms with van der Waals surface area (Å²) in [6, 6.07) is 3.70. The molecule has 0 atom stereocenters. The minimum Gasteiger partial charge on any atom is -0.381 e. The molecule has 2 heterocycles. The van der Waals surface area contributed by atoms with Crippen LogP contribution in [0.3, 0.4) is 0 Å². The van der Waals surface area contributed by atoms with Gasteiger partial charge in [-0.1, -0.05) is 19.3 Å². The van der Waals surface area contributed by atoms with Gasteiger partial charge < -0.3 is 15.4 Å². The molecule has 0 fully saturated rings. The number of carbonyl (C=O) groups is 2. The van der Waals surface area contributed by atoms with Crippen molar-refractivity contribution in [3.05, 3.63) is 35.9 Å². The molecule has 0 radical (unpaired) electrons. The number of hydrogen-bond donors (Lipinski definition) is 2. The monoisotopic (exact) mass is 457 g/mol. The van der Waals surface area contributed by atoms with Gasteiger partial charge in [0.2, 0.25) is 5.78 Å². The Balaban J connectivity index is 1.76. The molecule has 6 nitrogen and oxygen atoms in total. The molecular formula is C18H24IN3O3. The van der Waals surface area contributed by atoms with E-state index in [1.54, 1.807) is 12.4 Å². The number of Topliss-reactive ketones (excluding diaryl/α,β-unsaturated/α-hetero) is 1. The molecule has 0 saturated heterocycles. The van der Waals surface area contributed by atoms with Gasteiger partial charge in [0.15, 0.2) is 3.79 Å². The fourth-order valence-corrected chi connectivity index (χ4v) is 2.99. The van der Waals surface area contributed by atoms with Gasteiger partial charge >= 0.3 is 0 Å². The van der Waals surface area contributed by atoms with E-state index in [2.05, 4.69) is 15.6 Å². The Morgan fingerprint density at radius 3 is 2.60 bits per heavy atom. The number of rotatable bonds is 11. The van der Waals surface area contributed by atoms with Crippen LogP contribution in [0.5, 0.6) is 0 Å². The number of carbonyl (C=O) groups excluding carboxylic acids is 2. The molecule has 1 aliphatic heterocycles. The van der Waals surface area contributed by atoms with Gasteiger partial charge in [0.05, 0.1) is 12.3 Å². The Kier molecular flexibility index (Phi) is 8.89. The van der Waals surface area contributed by atoms with E-state index >= 15 is 0 Å². The summed E-state index contributed by atoms with van der Waals surface area (Å²) in [5.41, 5.74) is 2.27. The second-order valence-corrected chi connectivity index (χ2v) is 7.13. The van der Waals surface area contributed by atoms with E-state index in [0.29, 0.717) is 18.7 Å². The van der Waals surface area contributed by atoms with Crippen molar-refractivity contribution < 1.29 is 14.3 Å². The van der Waals surface area contributed by atoms with E-state index in [-0.39, 0.29) is 16.2 Å². The molecule has 136 valence electrons. The molecule has 0 bridgehead atoms. The molecular weight excluding hydrogens is 433 g/mol. The lowest BCUT2D eigenvalue weighted by Crippen LogP contribution is -2.33. The zero-order valence-electron chi connectivity index (χ0n) is 14.2. The normalized spacial score (nSPS) is 14.5. The number of halogens is 1. The molecule has 0 spiro atoms. The number of anilines is 1. The minimum absolute atomic E-state index is 0.0247. The average molecular weight is 457 g/mol. The Morgan fingerprint density at radius 1 is 1.12 bits per heavy atom. The van der Waals surface area contributed by atoms with E-state index in [1.165, 1.54) is 0 Å². The molecule has 1 aromatic rings. The Hall–Kier alpha value is -1.48. The number of ketones is 1. The van der Waals surface area contributed by atoms with E-state index < -0.39 is 0 Å². The number of hydrogen-bond acceptors (Lipinski definition) is 6. The van der Waals surface area contributed by atoms with Gasteiger partial charge in [0.1, 0.15) is 12.3 Å². The first-order valence-electron chi connectivity index (χ1n) is 8.60. The minimum atomic E-state index is -0.0247. The highest BCUT2D eigenvalue weighted by molar-refractivity contribution is 14.1. The molecule has 2 rings (SSSR count). The maximum absolute atomic E-state index is 12.1. The third kappa shape index (κ3) is 7.52. The maximum Gasteiger partial charge on any atom is 0.206 e. The second kappa shape index (κ2) is 11.2. The summed E-state index contributed by atoms with van der Waals surface area (Å²) in [5.74, 6) is -0.0247. The third-order valence-corrected chi connectivity index (χ3v) is 4.43. The molecule has 0 saturated carbocycles. The van der Waals surface area contributed by atoms with E-state index in [4.69, 9.17) is 4.74 Å². The average Bonchev–Trinajstić information content (AvgIpc) is 2.60. The van der Waals surface area contributed by atoms with E-state index in [1.807, 2.05) is 34.7 Å². The van der Waals surface area contributed by atoms with Crippen LogP contribution in [0.25, 0.3) is 0 Å². The van der Waals surface area contributed by atoms with Crippen molar-refractivity contribution in [3.8, 4) is 0 Å². The second-order valence-electron chi connectivity index (χ2n) is 5.93. The highest BCUT2D eigenvalue weighted by Gasteiger charge is 2.21. The lowest BCUT2D eigenvalue weighted by molar-refractivity contribution is -0.121. The van der Waals surface area contributed by atoms with Crippen LogP contribution in [-0.2, 0) is 14.3 Å². The van der Waals surface area contributed by atoms with Crippen molar-refractivity contribution in [1.82, 2.24) is 10.3 Å².